The lowest BCUT2D eigenvalue weighted by molar-refractivity contribution is 0.0704. The molecule has 1 aliphatic rings. The van der Waals surface area contributed by atoms with Gasteiger partial charge in [-0.05, 0) is 52.2 Å². The van der Waals surface area contributed by atoms with Crippen molar-refractivity contribution in [3.63, 3.8) is 0 Å². The molecular weight excluding hydrogens is 302 g/mol. The molecule has 1 fully saturated rings. The minimum atomic E-state index is -0.921. The second-order valence-corrected chi connectivity index (χ2v) is 6.03. The van der Waals surface area contributed by atoms with Gasteiger partial charge >= 0.3 is 0 Å². The summed E-state index contributed by atoms with van der Waals surface area (Å²) in [6.45, 7) is 2.17. The van der Waals surface area contributed by atoms with Crippen molar-refractivity contribution in [2.75, 3.05) is 0 Å². The van der Waals surface area contributed by atoms with Crippen LogP contribution < -0.4 is 0 Å². The molecule has 0 spiro atoms. The van der Waals surface area contributed by atoms with Crippen LogP contribution in [0.15, 0.2) is 16.6 Å². The molecule has 1 aromatic carbocycles. The molecule has 18 heavy (non-hydrogen) atoms. The van der Waals surface area contributed by atoms with Gasteiger partial charge in [0.05, 0.1) is 10.6 Å². The van der Waals surface area contributed by atoms with Crippen molar-refractivity contribution < 1.29 is 13.9 Å². The summed E-state index contributed by atoms with van der Waals surface area (Å²) in [5.74, 6) is -1.09. The quantitative estimate of drug-likeness (QED) is 0.791. The minimum absolute atomic E-state index is 0.0493. The smallest absolute Gasteiger partial charge is 0.173 e. The first-order chi connectivity index (χ1) is 8.50. The van der Waals surface area contributed by atoms with Crippen LogP contribution in [0.3, 0.4) is 0 Å². The molecule has 0 amide bonds. The number of halogens is 3. The van der Waals surface area contributed by atoms with Gasteiger partial charge in [-0.2, -0.15) is 0 Å². The van der Waals surface area contributed by atoms with Crippen LogP contribution in [-0.4, -0.2) is 5.11 Å². The van der Waals surface area contributed by atoms with Gasteiger partial charge in [0, 0.05) is 0 Å². The van der Waals surface area contributed by atoms with Crippen LogP contribution in [0.4, 0.5) is 8.78 Å². The fraction of sp³-hybridized carbons (Fsp3) is 0.571. The lowest BCUT2D eigenvalue weighted by Gasteiger charge is -2.31. The summed E-state index contributed by atoms with van der Waals surface area (Å²) < 4.78 is 26.6. The highest BCUT2D eigenvalue weighted by Crippen LogP contribution is 2.39. The third kappa shape index (κ3) is 2.75. The molecule has 1 saturated carbocycles. The van der Waals surface area contributed by atoms with Crippen molar-refractivity contribution in [3.05, 3.63) is 33.8 Å². The van der Waals surface area contributed by atoms with Crippen molar-refractivity contribution in [1.82, 2.24) is 0 Å². The largest absolute Gasteiger partial charge is 0.388 e. The van der Waals surface area contributed by atoms with E-state index in [9.17, 15) is 13.9 Å². The van der Waals surface area contributed by atoms with Gasteiger partial charge in [0.15, 0.2) is 11.6 Å². The first-order valence-corrected chi connectivity index (χ1v) is 7.11. The predicted molar refractivity (Wildman–Crippen MR) is 70.1 cm³/mol. The van der Waals surface area contributed by atoms with Gasteiger partial charge in [-0.15, -0.1) is 0 Å². The molecule has 2 rings (SSSR count). The number of hydrogen-bond acceptors (Lipinski definition) is 1. The second kappa shape index (κ2) is 5.66. The van der Waals surface area contributed by atoms with Crippen LogP contribution in [0.25, 0.3) is 0 Å². The molecule has 0 saturated heterocycles. The number of aliphatic hydroxyl groups excluding tert-OH is 1. The van der Waals surface area contributed by atoms with Crippen LogP contribution >= 0.6 is 15.9 Å². The van der Waals surface area contributed by atoms with E-state index in [-0.39, 0.29) is 10.4 Å². The molecule has 0 bridgehead atoms. The Hall–Kier alpha value is -0.480. The maximum atomic E-state index is 13.5. The minimum Gasteiger partial charge on any atom is -0.388 e. The Kier molecular flexibility index (Phi) is 4.38. The van der Waals surface area contributed by atoms with Crippen LogP contribution in [0.5, 0.6) is 0 Å². The van der Waals surface area contributed by atoms with Gasteiger partial charge < -0.3 is 5.11 Å². The highest BCUT2D eigenvalue weighted by Gasteiger charge is 2.28. The Labute approximate surface area is 114 Å². The maximum Gasteiger partial charge on any atom is 0.173 e. The van der Waals surface area contributed by atoms with Crippen molar-refractivity contribution in [2.45, 2.75) is 38.7 Å². The third-order valence-corrected chi connectivity index (χ3v) is 4.61. The summed E-state index contributed by atoms with van der Waals surface area (Å²) in [5.41, 5.74) is 0.452. The zero-order chi connectivity index (χ0) is 13.3. The normalized spacial score (nSPS) is 26.1. The van der Waals surface area contributed by atoms with Gasteiger partial charge in [0.1, 0.15) is 0 Å². The van der Waals surface area contributed by atoms with Gasteiger partial charge in [0.25, 0.3) is 0 Å². The fourth-order valence-corrected chi connectivity index (χ4v) is 3.35. The monoisotopic (exact) mass is 318 g/mol. The van der Waals surface area contributed by atoms with E-state index in [0.717, 1.165) is 25.3 Å². The summed E-state index contributed by atoms with van der Waals surface area (Å²) in [4.78, 5) is 0. The van der Waals surface area contributed by atoms with Crippen molar-refractivity contribution >= 4 is 15.9 Å². The van der Waals surface area contributed by atoms with Crippen molar-refractivity contribution in [1.29, 1.82) is 0 Å². The van der Waals surface area contributed by atoms with Gasteiger partial charge in [-0.3, -0.25) is 0 Å². The number of hydrogen-bond donors (Lipinski definition) is 1. The fourth-order valence-electron chi connectivity index (χ4n) is 2.79. The summed E-state index contributed by atoms with van der Waals surface area (Å²) in [5, 5.41) is 10.3. The molecule has 3 unspecified atom stereocenters. The Morgan fingerprint density at radius 1 is 1.33 bits per heavy atom. The van der Waals surface area contributed by atoms with E-state index in [0.29, 0.717) is 11.5 Å². The average Bonchev–Trinajstić information content (AvgIpc) is 2.35. The topological polar surface area (TPSA) is 20.2 Å². The number of rotatable bonds is 2. The molecule has 1 aliphatic carbocycles. The molecule has 4 heteroatoms. The van der Waals surface area contributed by atoms with Crippen molar-refractivity contribution in [3.8, 4) is 0 Å². The molecule has 0 aromatic heterocycles. The Morgan fingerprint density at radius 3 is 2.72 bits per heavy atom. The van der Waals surface area contributed by atoms with E-state index in [2.05, 4.69) is 22.9 Å². The van der Waals surface area contributed by atoms with E-state index in [1.54, 1.807) is 0 Å². The predicted octanol–water partition coefficient (Wildman–Crippen LogP) is 4.59. The van der Waals surface area contributed by atoms with Crippen LogP contribution in [0.1, 0.15) is 44.3 Å². The summed E-state index contributed by atoms with van der Waals surface area (Å²) in [7, 11) is 0. The highest BCUT2D eigenvalue weighted by atomic mass is 79.9. The molecule has 100 valence electrons. The van der Waals surface area contributed by atoms with Crippen LogP contribution in [0, 0.1) is 23.5 Å². The van der Waals surface area contributed by atoms with E-state index < -0.39 is 17.7 Å². The molecule has 1 nitrogen and oxygen atoms in total. The van der Waals surface area contributed by atoms with Gasteiger partial charge in [-0.1, -0.05) is 25.8 Å². The maximum absolute atomic E-state index is 13.5. The molecule has 0 heterocycles. The second-order valence-electron chi connectivity index (χ2n) is 5.24. The van der Waals surface area contributed by atoms with E-state index in [1.807, 2.05) is 0 Å². The number of aliphatic hydroxyl groups is 1. The van der Waals surface area contributed by atoms with Crippen LogP contribution in [-0.2, 0) is 0 Å². The first kappa shape index (κ1) is 13.9. The standard InChI is InChI=1S/C14H17BrF2O/c1-8-3-2-4-9(7-8)14(18)10-5-6-11(16)13(17)12(10)15/h5-6,8-9,14,18H,2-4,7H2,1H3. The summed E-state index contributed by atoms with van der Waals surface area (Å²) >= 11 is 3.04. The lowest BCUT2D eigenvalue weighted by Crippen LogP contribution is -2.20. The highest BCUT2D eigenvalue weighted by molar-refractivity contribution is 9.10. The Bertz CT molecular complexity index is 436. The third-order valence-electron chi connectivity index (χ3n) is 3.81. The zero-order valence-electron chi connectivity index (χ0n) is 10.3. The van der Waals surface area contributed by atoms with E-state index in [4.69, 9.17) is 0 Å². The zero-order valence-corrected chi connectivity index (χ0v) is 11.9. The Morgan fingerprint density at radius 2 is 2.06 bits per heavy atom. The SMILES string of the molecule is CC1CCCC(C(O)c2ccc(F)c(F)c2Br)C1. The summed E-state index contributed by atoms with van der Waals surface area (Å²) in [6.07, 6.45) is 3.42. The number of benzene rings is 1. The average molecular weight is 319 g/mol. The van der Waals surface area contributed by atoms with E-state index in [1.165, 1.54) is 12.5 Å². The first-order valence-electron chi connectivity index (χ1n) is 6.32. The molecular formula is C14H17BrF2O. The molecule has 1 aromatic rings. The summed E-state index contributed by atoms with van der Waals surface area (Å²) in [6, 6.07) is 2.54. The van der Waals surface area contributed by atoms with Crippen LogP contribution in [0.2, 0.25) is 0 Å². The molecule has 0 aliphatic heterocycles. The Balaban J connectivity index is 2.23. The van der Waals surface area contributed by atoms with E-state index >= 15 is 0 Å². The van der Waals surface area contributed by atoms with Crippen molar-refractivity contribution in [2.24, 2.45) is 11.8 Å². The molecule has 3 atom stereocenters. The molecule has 1 N–H and O–H groups in total. The van der Waals surface area contributed by atoms with Gasteiger partial charge in [0.2, 0.25) is 0 Å². The van der Waals surface area contributed by atoms with Gasteiger partial charge in [-0.25, -0.2) is 8.78 Å². The molecule has 0 radical (unpaired) electrons. The lowest BCUT2D eigenvalue weighted by atomic mass is 9.78.